The van der Waals surface area contributed by atoms with Gasteiger partial charge in [0, 0.05) is 11.4 Å². The highest BCUT2D eigenvalue weighted by molar-refractivity contribution is 5.93. The second-order valence-electron chi connectivity index (χ2n) is 6.94. The van der Waals surface area contributed by atoms with Crippen LogP contribution < -0.4 is 0 Å². The number of imidazole rings is 2. The van der Waals surface area contributed by atoms with Crippen LogP contribution in [-0.2, 0) is 14.3 Å². The van der Waals surface area contributed by atoms with Gasteiger partial charge in [0.1, 0.15) is 11.6 Å². The molecule has 0 aliphatic carbocycles. The third-order valence-corrected chi connectivity index (χ3v) is 4.63. The van der Waals surface area contributed by atoms with Crippen LogP contribution in [0.15, 0.2) is 73.6 Å². The van der Waals surface area contributed by atoms with Gasteiger partial charge in [-0.2, -0.15) is 0 Å². The van der Waals surface area contributed by atoms with Crippen LogP contribution in [0, 0.1) is 11.6 Å². The fraction of sp³-hybridized carbons (Fsp3) is 0.0870. The molecule has 0 amide bonds. The van der Waals surface area contributed by atoms with Crippen LogP contribution in [0.3, 0.4) is 0 Å². The number of aromatic nitrogens is 4. The normalized spacial score (nSPS) is 10.6. The number of hydrogen-bond donors (Lipinski definition) is 0. The first kappa shape index (κ1) is 22.5. The summed E-state index contributed by atoms with van der Waals surface area (Å²) in [5.41, 5.74) is 1.01. The number of Topliss-reactive ketones (excluding diaryl/α,β-unsaturated/α-hetero) is 1. The Hall–Kier alpha value is -4.67. The number of carbonyl (C=O) groups excluding carboxylic acids is 3. The quantitative estimate of drug-likeness (QED) is 0.368. The summed E-state index contributed by atoms with van der Waals surface area (Å²) in [7, 11) is 0. The Balaban J connectivity index is 1.32. The van der Waals surface area contributed by atoms with Gasteiger partial charge in [0.25, 0.3) is 0 Å². The average Bonchev–Trinajstić information content (AvgIpc) is 3.52. The lowest BCUT2D eigenvalue weighted by atomic mass is 10.3. The molecule has 4 aromatic rings. The lowest BCUT2D eigenvalue weighted by Gasteiger charge is -2.09. The zero-order chi connectivity index (χ0) is 24.1. The highest BCUT2D eigenvalue weighted by Crippen LogP contribution is 2.14. The predicted octanol–water partition coefficient (Wildman–Crippen LogP) is 2.92. The number of ketones is 1. The van der Waals surface area contributed by atoms with Crippen molar-refractivity contribution in [1.29, 1.82) is 0 Å². The van der Waals surface area contributed by atoms with Crippen molar-refractivity contribution in [2.75, 3.05) is 13.2 Å². The maximum atomic E-state index is 13.1. The Morgan fingerprint density at radius 3 is 1.44 bits per heavy atom. The van der Waals surface area contributed by atoms with E-state index in [0.717, 1.165) is 0 Å². The molecular weight excluding hydrogens is 450 g/mol. The molecule has 0 spiro atoms. The lowest BCUT2D eigenvalue weighted by Crippen LogP contribution is -2.22. The van der Waals surface area contributed by atoms with Crippen LogP contribution in [0.2, 0.25) is 0 Å². The zero-order valence-corrected chi connectivity index (χ0v) is 17.4. The maximum Gasteiger partial charge on any atom is 0.357 e. The van der Waals surface area contributed by atoms with Gasteiger partial charge in [-0.15, -0.1) is 0 Å². The van der Waals surface area contributed by atoms with E-state index in [0.29, 0.717) is 11.4 Å². The number of halogens is 2. The van der Waals surface area contributed by atoms with Crippen LogP contribution in [0.4, 0.5) is 8.78 Å². The molecule has 172 valence electrons. The number of nitrogens with zero attached hydrogens (tertiary/aromatic N) is 4. The van der Waals surface area contributed by atoms with Gasteiger partial charge in [-0.3, -0.25) is 13.9 Å². The van der Waals surface area contributed by atoms with E-state index in [1.165, 1.54) is 82.7 Å². The number of rotatable bonds is 8. The van der Waals surface area contributed by atoms with Crippen molar-refractivity contribution in [1.82, 2.24) is 19.1 Å². The highest BCUT2D eigenvalue weighted by Gasteiger charge is 2.19. The second-order valence-corrected chi connectivity index (χ2v) is 6.94. The van der Waals surface area contributed by atoms with Crippen molar-refractivity contribution in [3.63, 3.8) is 0 Å². The Labute approximate surface area is 191 Å². The molecular formula is C23H16F2N4O5. The minimum atomic E-state index is -0.837. The van der Waals surface area contributed by atoms with Crippen LogP contribution in [-0.4, -0.2) is 50.0 Å². The third-order valence-electron chi connectivity index (χ3n) is 4.63. The predicted molar refractivity (Wildman–Crippen MR) is 113 cm³/mol. The molecule has 2 aromatic heterocycles. The Kier molecular flexibility index (Phi) is 6.53. The number of esters is 2. The van der Waals surface area contributed by atoms with Gasteiger partial charge in [-0.25, -0.2) is 28.3 Å². The van der Waals surface area contributed by atoms with Crippen LogP contribution in [0.5, 0.6) is 0 Å². The summed E-state index contributed by atoms with van der Waals surface area (Å²) < 4.78 is 39.0. The largest absolute Gasteiger partial charge is 0.453 e. The van der Waals surface area contributed by atoms with Gasteiger partial charge in [0.15, 0.2) is 24.6 Å². The first-order valence-corrected chi connectivity index (χ1v) is 9.85. The highest BCUT2D eigenvalue weighted by atomic mass is 19.1. The molecule has 11 heteroatoms. The van der Waals surface area contributed by atoms with E-state index >= 15 is 0 Å². The van der Waals surface area contributed by atoms with Crippen molar-refractivity contribution in [3.8, 4) is 11.4 Å². The summed E-state index contributed by atoms with van der Waals surface area (Å²) >= 11 is 0. The van der Waals surface area contributed by atoms with E-state index in [1.54, 1.807) is 0 Å². The van der Waals surface area contributed by atoms with Gasteiger partial charge < -0.3 is 9.47 Å². The SMILES string of the molecule is O=C(COC(=O)c1cncn1-c1ccc(F)cc1)COC(=O)c1cncn1-c1ccc(F)cc1. The maximum absolute atomic E-state index is 13.1. The molecule has 0 fully saturated rings. The first-order chi connectivity index (χ1) is 16.4. The monoisotopic (exact) mass is 466 g/mol. The van der Waals surface area contributed by atoms with Crippen molar-refractivity contribution in [2.24, 2.45) is 0 Å². The van der Waals surface area contributed by atoms with E-state index in [4.69, 9.17) is 9.47 Å². The summed E-state index contributed by atoms with van der Waals surface area (Å²) in [6.07, 6.45) is 5.18. The Morgan fingerprint density at radius 2 is 1.06 bits per heavy atom. The van der Waals surface area contributed by atoms with Crippen molar-refractivity contribution in [3.05, 3.63) is 96.6 Å². The minimum Gasteiger partial charge on any atom is -0.453 e. The topological polar surface area (TPSA) is 105 Å². The number of ether oxygens (including phenoxy) is 2. The third kappa shape index (κ3) is 5.04. The molecule has 0 aliphatic rings. The molecule has 2 aromatic carbocycles. The molecule has 0 unspecified atom stereocenters. The Morgan fingerprint density at radius 1 is 0.676 bits per heavy atom. The molecule has 2 heterocycles. The molecule has 0 radical (unpaired) electrons. The summed E-state index contributed by atoms with van der Waals surface area (Å²) in [6, 6.07) is 10.7. The van der Waals surface area contributed by atoms with E-state index in [1.807, 2.05) is 0 Å². The number of benzene rings is 2. The Bertz CT molecular complexity index is 1230. The fourth-order valence-corrected chi connectivity index (χ4v) is 2.99. The fourth-order valence-electron chi connectivity index (χ4n) is 2.99. The molecule has 9 nitrogen and oxygen atoms in total. The summed E-state index contributed by atoms with van der Waals surface area (Å²) in [6.45, 7) is -1.28. The molecule has 0 N–H and O–H groups in total. The van der Waals surface area contributed by atoms with E-state index in [2.05, 4.69) is 9.97 Å². The van der Waals surface area contributed by atoms with Gasteiger partial charge >= 0.3 is 11.9 Å². The van der Waals surface area contributed by atoms with Crippen LogP contribution >= 0.6 is 0 Å². The van der Waals surface area contributed by atoms with Crippen molar-refractivity contribution in [2.45, 2.75) is 0 Å². The van der Waals surface area contributed by atoms with Gasteiger partial charge in [-0.1, -0.05) is 0 Å². The van der Waals surface area contributed by atoms with Gasteiger partial charge in [0.05, 0.1) is 25.0 Å². The standard InChI is InChI=1S/C23H16F2N4O5/c24-15-1-5-17(6-2-15)28-13-26-9-20(28)22(31)33-11-19(30)12-34-23(32)21-10-27-14-29(21)18-7-3-16(25)4-8-18/h1-10,13-14H,11-12H2. The summed E-state index contributed by atoms with van der Waals surface area (Å²) in [5.74, 6) is -3.21. The second kappa shape index (κ2) is 9.86. The van der Waals surface area contributed by atoms with E-state index in [9.17, 15) is 23.2 Å². The van der Waals surface area contributed by atoms with E-state index < -0.39 is 42.6 Å². The molecule has 34 heavy (non-hydrogen) atoms. The van der Waals surface area contributed by atoms with Gasteiger partial charge in [-0.05, 0) is 48.5 Å². The lowest BCUT2D eigenvalue weighted by molar-refractivity contribution is -0.125. The average molecular weight is 466 g/mol. The molecule has 0 bridgehead atoms. The van der Waals surface area contributed by atoms with E-state index in [-0.39, 0.29) is 11.4 Å². The molecule has 0 saturated heterocycles. The summed E-state index contributed by atoms with van der Waals surface area (Å²) in [4.78, 5) is 44.6. The summed E-state index contributed by atoms with van der Waals surface area (Å²) in [5, 5.41) is 0. The number of carbonyl (C=O) groups is 3. The molecule has 0 atom stereocenters. The van der Waals surface area contributed by atoms with Gasteiger partial charge in [0.2, 0.25) is 5.78 Å². The zero-order valence-electron chi connectivity index (χ0n) is 17.4. The first-order valence-electron chi connectivity index (χ1n) is 9.85. The van der Waals surface area contributed by atoms with Crippen molar-refractivity contribution < 1.29 is 32.6 Å². The number of hydrogen-bond acceptors (Lipinski definition) is 7. The smallest absolute Gasteiger partial charge is 0.357 e. The molecule has 0 aliphatic heterocycles. The van der Waals surface area contributed by atoms with Crippen LogP contribution in [0.25, 0.3) is 11.4 Å². The molecule has 0 saturated carbocycles. The minimum absolute atomic E-state index is 0.0274. The molecule has 4 rings (SSSR count). The van der Waals surface area contributed by atoms with Crippen LogP contribution in [0.1, 0.15) is 21.0 Å². The van der Waals surface area contributed by atoms with Crippen molar-refractivity contribution >= 4 is 17.7 Å².